The first-order valence-electron chi connectivity index (χ1n) is 20.1. The Labute approximate surface area is 334 Å². The Kier molecular flexibility index (Phi) is 7.29. The van der Waals surface area contributed by atoms with Gasteiger partial charge in [0.2, 0.25) is 10.5 Å². The molecule has 0 bridgehead atoms. The molecule has 0 saturated heterocycles. The van der Waals surface area contributed by atoms with Crippen LogP contribution < -0.4 is 20.3 Å². The molecule has 0 saturated carbocycles. The number of para-hydroxylation sites is 2. The van der Waals surface area contributed by atoms with Crippen LogP contribution in [0.5, 0.6) is 0 Å². The van der Waals surface area contributed by atoms with Crippen molar-refractivity contribution in [3.05, 3.63) is 168 Å². The van der Waals surface area contributed by atoms with Crippen LogP contribution in [0.4, 0.5) is 17.1 Å². The van der Waals surface area contributed by atoms with Gasteiger partial charge >= 0.3 is 6.85 Å². The molecule has 0 amide bonds. The van der Waals surface area contributed by atoms with Gasteiger partial charge in [0.25, 0.3) is 0 Å². The third-order valence-corrected chi connectivity index (χ3v) is 14.2. The number of aryl methyl sites for hydroxylation is 1. The van der Waals surface area contributed by atoms with Crippen LogP contribution in [-0.2, 0) is 10.8 Å². The van der Waals surface area contributed by atoms with E-state index in [0.717, 1.165) is 0 Å². The summed E-state index contributed by atoms with van der Waals surface area (Å²) in [6.07, 6.45) is 2.35. The van der Waals surface area contributed by atoms with Gasteiger partial charge in [-0.1, -0.05) is 148 Å². The molecule has 11 rings (SSSR count). The van der Waals surface area contributed by atoms with Crippen LogP contribution in [0.1, 0.15) is 57.2 Å². The maximum absolute atomic E-state index is 2.73. The van der Waals surface area contributed by atoms with E-state index in [4.69, 9.17) is 0 Å². The van der Waals surface area contributed by atoms with Crippen molar-refractivity contribution in [3.63, 3.8) is 0 Å². The zero-order valence-electron chi connectivity index (χ0n) is 32.7. The molecule has 2 nitrogen and oxygen atoms in total. The summed E-state index contributed by atoms with van der Waals surface area (Å²) in [4.78, 5) is 2.63. The highest BCUT2D eigenvalue weighted by Gasteiger charge is 2.53. The number of hydrogen-bond acceptors (Lipinski definition) is 2. The smallest absolute Gasteiger partial charge is 0.310 e. The molecule has 0 radical (unpaired) electrons. The second-order valence-corrected chi connectivity index (χ2v) is 18.5. The molecule has 2 aliphatic heterocycles. The molecule has 1 aromatic heterocycles. The van der Waals surface area contributed by atoms with Gasteiger partial charge in [0.15, 0.2) is 0 Å². The maximum Gasteiger partial charge on any atom is 0.565 e. The third-order valence-electron chi connectivity index (χ3n) is 13.0. The van der Waals surface area contributed by atoms with Crippen LogP contribution in [-0.4, -0.2) is 6.85 Å². The monoisotopic (exact) mass is 739 g/mol. The molecule has 56 heavy (non-hydrogen) atoms. The summed E-state index contributed by atoms with van der Waals surface area (Å²) in [5.74, 6) is 0. The van der Waals surface area contributed by atoms with E-state index >= 15 is 0 Å². The highest BCUT2D eigenvalue weighted by molar-refractivity contribution is 7.21. The van der Waals surface area contributed by atoms with Crippen LogP contribution in [0.2, 0.25) is 0 Å². The number of hydrogen-bond donors (Lipinski definition) is 0. The largest absolute Gasteiger partial charge is 0.565 e. The Hall–Kier alpha value is -5.71. The van der Waals surface area contributed by atoms with Gasteiger partial charge in [-0.15, -0.1) is 0 Å². The highest BCUT2D eigenvalue weighted by atomic mass is 32.1. The van der Waals surface area contributed by atoms with Gasteiger partial charge in [-0.3, -0.25) is 4.48 Å². The summed E-state index contributed by atoms with van der Waals surface area (Å²) in [5, 5.41) is 1.30. The maximum atomic E-state index is 2.73. The summed E-state index contributed by atoms with van der Waals surface area (Å²) < 4.78 is 4.06. The minimum Gasteiger partial charge on any atom is -0.310 e. The first-order chi connectivity index (χ1) is 27.2. The summed E-state index contributed by atoms with van der Waals surface area (Å²) in [6, 6.07) is 57.1. The lowest BCUT2D eigenvalue weighted by molar-refractivity contribution is -0.485. The van der Waals surface area contributed by atoms with E-state index in [2.05, 4.69) is 196 Å². The Morgan fingerprint density at radius 3 is 1.93 bits per heavy atom. The minimum absolute atomic E-state index is 0.000840. The van der Waals surface area contributed by atoms with Crippen molar-refractivity contribution in [2.24, 2.45) is 0 Å². The van der Waals surface area contributed by atoms with Gasteiger partial charge in [-0.05, 0) is 112 Å². The lowest BCUT2D eigenvalue weighted by atomic mass is 9.44. The average Bonchev–Trinajstić information content (AvgIpc) is 3.61. The van der Waals surface area contributed by atoms with E-state index < -0.39 is 0 Å². The molecular formula is C52H44BN2S+. The van der Waals surface area contributed by atoms with Crippen molar-refractivity contribution in [1.29, 1.82) is 0 Å². The molecule has 7 aromatic carbocycles. The summed E-state index contributed by atoms with van der Waals surface area (Å²) in [5.41, 5.74) is 21.2. The fraction of sp³-hybridized carbons (Fsp3) is 0.173. The Balaban J connectivity index is 1.26. The predicted molar refractivity (Wildman–Crippen MR) is 239 cm³/mol. The van der Waals surface area contributed by atoms with Crippen molar-refractivity contribution in [2.75, 3.05) is 4.90 Å². The van der Waals surface area contributed by atoms with Crippen molar-refractivity contribution >= 4 is 56.4 Å². The molecule has 8 aromatic rings. The minimum atomic E-state index is 0.000840. The molecular weight excluding hydrogens is 695 g/mol. The lowest BCUT2D eigenvalue weighted by Gasteiger charge is -2.44. The van der Waals surface area contributed by atoms with E-state index in [9.17, 15) is 0 Å². The summed E-state index contributed by atoms with van der Waals surface area (Å²) in [7, 11) is 0. The van der Waals surface area contributed by atoms with Gasteiger partial charge in [-0.2, -0.15) is 0 Å². The van der Waals surface area contributed by atoms with Crippen LogP contribution in [0.3, 0.4) is 0 Å². The Morgan fingerprint density at radius 1 is 0.536 bits per heavy atom. The van der Waals surface area contributed by atoms with E-state index in [-0.39, 0.29) is 17.7 Å². The molecule has 4 heteroatoms. The molecule has 3 heterocycles. The van der Waals surface area contributed by atoms with Gasteiger partial charge in [0.1, 0.15) is 4.70 Å². The number of rotatable bonds is 4. The first-order valence-corrected chi connectivity index (χ1v) is 20.9. The zero-order chi connectivity index (χ0) is 37.9. The number of anilines is 3. The number of aromatic nitrogens is 1. The van der Waals surface area contributed by atoms with E-state index in [0.29, 0.717) is 0 Å². The number of thiazole rings is 1. The molecule has 0 fully saturated rings. The molecule has 0 unspecified atom stereocenters. The Morgan fingerprint density at radius 2 is 1.16 bits per heavy atom. The summed E-state index contributed by atoms with van der Waals surface area (Å²) in [6.45, 7) is 12.1. The molecule has 0 atom stereocenters. The molecule has 0 spiro atoms. The quantitative estimate of drug-likeness (QED) is 0.163. The van der Waals surface area contributed by atoms with Crippen LogP contribution in [0.15, 0.2) is 152 Å². The lowest BCUT2D eigenvalue weighted by Crippen LogP contribution is -2.70. The van der Waals surface area contributed by atoms with Crippen LogP contribution in [0.25, 0.3) is 54.2 Å². The van der Waals surface area contributed by atoms with Crippen LogP contribution in [0, 0.1) is 6.92 Å². The van der Waals surface area contributed by atoms with Gasteiger partial charge in [0.05, 0.1) is 16.8 Å². The second-order valence-electron chi connectivity index (χ2n) is 17.5. The van der Waals surface area contributed by atoms with Gasteiger partial charge in [-0.25, -0.2) is 0 Å². The van der Waals surface area contributed by atoms with Crippen molar-refractivity contribution in [2.45, 2.75) is 58.3 Å². The second kappa shape index (κ2) is 12.1. The van der Waals surface area contributed by atoms with Crippen molar-refractivity contribution < 1.29 is 4.48 Å². The van der Waals surface area contributed by atoms with Gasteiger partial charge < -0.3 is 4.90 Å². The number of nitrogens with zero attached hydrogens (tertiary/aromatic N) is 2. The van der Waals surface area contributed by atoms with Crippen molar-refractivity contribution in [1.82, 2.24) is 0 Å². The fourth-order valence-corrected chi connectivity index (χ4v) is 11.3. The van der Waals surface area contributed by atoms with E-state index in [1.807, 2.05) is 11.3 Å². The Bertz CT molecular complexity index is 2890. The molecule has 270 valence electrons. The van der Waals surface area contributed by atoms with Crippen LogP contribution >= 0.6 is 11.3 Å². The SMILES string of the molecule is Cc1cc2c3c(c1)N(c1ccccc1-c1ccccc1)c1cc4c(cc1B3[n+]1c(-c3cccc(-c5ccccc5)c3)sc3cccc-2c31)C(C)(C)CCC4(C)C. The normalized spacial score (nSPS) is 15.7. The molecule has 1 aliphatic carbocycles. The predicted octanol–water partition coefficient (Wildman–Crippen LogP) is 12.3. The standard InChI is InChI=1S/C52H44BN2S/c1-33-28-40-39-23-15-25-47-49(39)55(50(56-47)37-21-14-20-36(30-37)34-16-8-6-9-17-34)53-43-31-41-42(52(4,5)27-26-51(41,2)3)32-45(43)54(46(29-33)48(40)53)44-24-13-12-22-38(44)35-18-10-7-11-19-35/h6-25,28-32H,26-27H2,1-5H3/q+1. The fourth-order valence-electron chi connectivity index (χ4n) is 10.1. The summed E-state index contributed by atoms with van der Waals surface area (Å²) >= 11 is 1.93. The first kappa shape index (κ1) is 33.6. The molecule has 0 N–H and O–H groups in total. The highest BCUT2D eigenvalue weighted by Crippen LogP contribution is 2.51. The van der Waals surface area contributed by atoms with E-state index in [1.165, 1.54) is 112 Å². The molecule has 3 aliphatic rings. The third kappa shape index (κ3) is 4.91. The van der Waals surface area contributed by atoms with Gasteiger partial charge in [0, 0.05) is 27.9 Å². The van der Waals surface area contributed by atoms with E-state index in [1.54, 1.807) is 0 Å². The van der Waals surface area contributed by atoms with Crippen molar-refractivity contribution in [3.8, 4) is 44.0 Å². The topological polar surface area (TPSA) is 7.12 Å². The zero-order valence-corrected chi connectivity index (χ0v) is 33.5. The average molecular weight is 740 g/mol. The number of fused-ring (bicyclic) bond motifs is 5. The number of benzene rings is 7.